The van der Waals surface area contributed by atoms with Crippen LogP contribution in [0.25, 0.3) is 0 Å². The average molecular weight is 418 g/mol. The largest absolute Gasteiger partial charge is 0.333 e. The number of sulfonamides is 1. The zero-order chi connectivity index (χ0) is 21.4. The van der Waals surface area contributed by atoms with Crippen LogP contribution in [0.1, 0.15) is 35.3 Å². The number of carbonyl (C=O) groups excluding carboxylic acids is 1. The van der Waals surface area contributed by atoms with Crippen molar-refractivity contribution in [2.75, 3.05) is 37.2 Å². The fourth-order valence-corrected chi connectivity index (χ4v) is 3.72. The minimum Gasteiger partial charge on any atom is -0.333 e. The van der Waals surface area contributed by atoms with Gasteiger partial charge >= 0.3 is 0 Å². The number of benzene rings is 2. The van der Waals surface area contributed by atoms with Crippen LogP contribution in [0.4, 0.5) is 5.69 Å². The lowest BCUT2D eigenvalue weighted by atomic mass is 10.1. The summed E-state index contributed by atoms with van der Waals surface area (Å²) in [6, 6.07) is 15.0. The van der Waals surface area contributed by atoms with Crippen molar-refractivity contribution in [3.63, 3.8) is 0 Å². The molecule has 158 valence electrons. The highest BCUT2D eigenvalue weighted by molar-refractivity contribution is 7.92. The predicted molar refractivity (Wildman–Crippen MR) is 119 cm³/mol. The van der Waals surface area contributed by atoms with E-state index in [4.69, 9.17) is 0 Å². The number of rotatable bonds is 10. The normalized spacial score (nSPS) is 11.5. The second-order valence-electron chi connectivity index (χ2n) is 7.14. The SMILES string of the molecule is CCN(CC)CCN(Cc1ccccc1)C(=O)c1ccc(C)c(NS(C)(=O)=O)c1. The Morgan fingerprint density at radius 1 is 1.00 bits per heavy atom. The van der Waals surface area contributed by atoms with E-state index in [-0.39, 0.29) is 5.91 Å². The Labute approximate surface area is 174 Å². The van der Waals surface area contributed by atoms with Crippen molar-refractivity contribution in [3.8, 4) is 0 Å². The molecule has 0 bridgehead atoms. The van der Waals surface area contributed by atoms with E-state index in [9.17, 15) is 13.2 Å². The van der Waals surface area contributed by atoms with E-state index in [0.717, 1.165) is 37.0 Å². The second-order valence-corrected chi connectivity index (χ2v) is 8.89. The Bertz CT molecular complexity index is 910. The van der Waals surface area contributed by atoms with Gasteiger partial charge in [0.05, 0.1) is 11.9 Å². The minimum atomic E-state index is -3.42. The average Bonchev–Trinajstić information content (AvgIpc) is 2.68. The first-order chi connectivity index (χ1) is 13.7. The molecule has 2 aromatic rings. The first-order valence-electron chi connectivity index (χ1n) is 9.87. The first kappa shape index (κ1) is 22.9. The molecule has 0 unspecified atom stereocenters. The van der Waals surface area contributed by atoms with Gasteiger partial charge in [-0.2, -0.15) is 0 Å². The van der Waals surface area contributed by atoms with Gasteiger partial charge in [-0.15, -0.1) is 0 Å². The maximum Gasteiger partial charge on any atom is 0.254 e. The molecule has 6 nitrogen and oxygen atoms in total. The third-order valence-electron chi connectivity index (χ3n) is 4.86. The van der Waals surface area contributed by atoms with Gasteiger partial charge in [-0.05, 0) is 43.3 Å². The fraction of sp³-hybridized carbons (Fsp3) is 0.409. The van der Waals surface area contributed by atoms with Crippen molar-refractivity contribution in [2.45, 2.75) is 27.3 Å². The van der Waals surface area contributed by atoms with Crippen LogP contribution >= 0.6 is 0 Å². The molecule has 0 aliphatic heterocycles. The van der Waals surface area contributed by atoms with E-state index in [1.165, 1.54) is 0 Å². The van der Waals surface area contributed by atoms with E-state index >= 15 is 0 Å². The summed E-state index contributed by atoms with van der Waals surface area (Å²) in [5.41, 5.74) is 2.73. The zero-order valence-electron chi connectivity index (χ0n) is 17.7. The predicted octanol–water partition coefficient (Wildman–Crippen LogP) is 3.35. The maximum absolute atomic E-state index is 13.3. The lowest BCUT2D eigenvalue weighted by Crippen LogP contribution is -2.38. The summed E-state index contributed by atoms with van der Waals surface area (Å²) in [7, 11) is -3.42. The van der Waals surface area contributed by atoms with E-state index in [2.05, 4.69) is 23.5 Å². The topological polar surface area (TPSA) is 69.7 Å². The van der Waals surface area contributed by atoms with Crippen molar-refractivity contribution < 1.29 is 13.2 Å². The Hall–Kier alpha value is -2.38. The number of carbonyl (C=O) groups is 1. The number of likely N-dealkylation sites (N-methyl/N-ethyl adjacent to an activating group) is 1. The van der Waals surface area contributed by atoms with Crippen molar-refractivity contribution in [1.82, 2.24) is 9.80 Å². The molecule has 0 atom stereocenters. The molecule has 2 aromatic carbocycles. The molecule has 2 rings (SSSR count). The van der Waals surface area contributed by atoms with Crippen LogP contribution in [0.2, 0.25) is 0 Å². The van der Waals surface area contributed by atoms with Crippen molar-refractivity contribution >= 4 is 21.6 Å². The molecule has 29 heavy (non-hydrogen) atoms. The van der Waals surface area contributed by atoms with Crippen LogP contribution in [0, 0.1) is 6.92 Å². The summed E-state index contributed by atoms with van der Waals surface area (Å²) in [5.74, 6) is -0.113. The molecule has 0 spiro atoms. The van der Waals surface area contributed by atoms with Gasteiger partial charge in [-0.25, -0.2) is 8.42 Å². The standard InChI is InChI=1S/C22H31N3O3S/c1-5-24(6-2)14-15-25(17-19-10-8-7-9-11-19)22(26)20-13-12-18(3)21(16-20)23-29(4,27)28/h7-13,16,23H,5-6,14-15,17H2,1-4H3. The third kappa shape index (κ3) is 7.18. The van der Waals surface area contributed by atoms with Crippen molar-refractivity contribution in [3.05, 3.63) is 65.2 Å². The van der Waals surface area contributed by atoms with Crippen LogP contribution in [0.3, 0.4) is 0 Å². The molecule has 0 aliphatic rings. The smallest absolute Gasteiger partial charge is 0.254 e. The lowest BCUT2D eigenvalue weighted by Gasteiger charge is -2.27. The summed E-state index contributed by atoms with van der Waals surface area (Å²) in [6.45, 7) is 9.76. The van der Waals surface area contributed by atoms with Crippen LogP contribution in [-0.4, -0.2) is 56.6 Å². The van der Waals surface area contributed by atoms with Gasteiger partial charge in [0.15, 0.2) is 0 Å². The van der Waals surface area contributed by atoms with Gasteiger partial charge in [-0.3, -0.25) is 9.52 Å². The van der Waals surface area contributed by atoms with E-state index in [1.54, 1.807) is 18.2 Å². The molecule has 0 radical (unpaired) electrons. The Morgan fingerprint density at radius 3 is 2.24 bits per heavy atom. The van der Waals surface area contributed by atoms with Gasteiger partial charge in [0.2, 0.25) is 10.0 Å². The van der Waals surface area contributed by atoms with Gasteiger partial charge < -0.3 is 9.80 Å². The van der Waals surface area contributed by atoms with Gasteiger partial charge in [0.1, 0.15) is 0 Å². The highest BCUT2D eigenvalue weighted by Gasteiger charge is 2.18. The molecule has 0 fully saturated rings. The highest BCUT2D eigenvalue weighted by atomic mass is 32.2. The first-order valence-corrected chi connectivity index (χ1v) is 11.8. The molecule has 1 amide bonds. The summed E-state index contributed by atoms with van der Waals surface area (Å²) >= 11 is 0. The monoisotopic (exact) mass is 417 g/mol. The summed E-state index contributed by atoms with van der Waals surface area (Å²) in [5, 5.41) is 0. The van der Waals surface area contributed by atoms with E-state index in [0.29, 0.717) is 24.3 Å². The highest BCUT2D eigenvalue weighted by Crippen LogP contribution is 2.20. The molecule has 0 aromatic heterocycles. The molecular weight excluding hydrogens is 386 g/mol. The summed E-state index contributed by atoms with van der Waals surface area (Å²) in [4.78, 5) is 17.4. The Morgan fingerprint density at radius 2 is 1.66 bits per heavy atom. The summed E-state index contributed by atoms with van der Waals surface area (Å²) in [6.07, 6.45) is 1.10. The van der Waals surface area contributed by atoms with Crippen LogP contribution in [0.15, 0.2) is 48.5 Å². The molecule has 0 aliphatic carbocycles. The van der Waals surface area contributed by atoms with Gasteiger partial charge in [0.25, 0.3) is 5.91 Å². The number of nitrogens with zero attached hydrogens (tertiary/aromatic N) is 2. The number of aryl methyl sites for hydroxylation is 1. The molecule has 0 saturated heterocycles. The Kier molecular flexibility index (Phi) is 8.22. The number of amides is 1. The molecule has 7 heteroatoms. The number of hydrogen-bond donors (Lipinski definition) is 1. The van der Waals surface area contributed by atoms with Crippen molar-refractivity contribution in [2.24, 2.45) is 0 Å². The lowest BCUT2D eigenvalue weighted by molar-refractivity contribution is 0.0724. The third-order valence-corrected chi connectivity index (χ3v) is 5.45. The Balaban J connectivity index is 2.28. The number of hydrogen-bond acceptors (Lipinski definition) is 4. The van der Waals surface area contributed by atoms with E-state index in [1.807, 2.05) is 42.2 Å². The fourth-order valence-electron chi connectivity index (χ4n) is 3.11. The molecule has 1 N–H and O–H groups in total. The van der Waals surface area contributed by atoms with Crippen LogP contribution in [0.5, 0.6) is 0 Å². The zero-order valence-corrected chi connectivity index (χ0v) is 18.5. The van der Waals surface area contributed by atoms with E-state index < -0.39 is 10.0 Å². The van der Waals surface area contributed by atoms with Crippen molar-refractivity contribution in [1.29, 1.82) is 0 Å². The molecule has 0 saturated carbocycles. The quantitative estimate of drug-likeness (QED) is 0.644. The van der Waals surface area contributed by atoms with Gasteiger partial charge in [-0.1, -0.05) is 50.2 Å². The second kappa shape index (κ2) is 10.4. The number of nitrogens with one attached hydrogen (secondary N) is 1. The molecule has 0 heterocycles. The maximum atomic E-state index is 13.3. The minimum absolute atomic E-state index is 0.113. The molecular formula is C22H31N3O3S. The summed E-state index contributed by atoms with van der Waals surface area (Å²) < 4.78 is 25.8. The van der Waals surface area contributed by atoms with Crippen LogP contribution in [-0.2, 0) is 16.6 Å². The van der Waals surface area contributed by atoms with Gasteiger partial charge in [0, 0.05) is 25.2 Å². The van der Waals surface area contributed by atoms with Crippen LogP contribution < -0.4 is 4.72 Å². The number of anilines is 1.